The average Bonchev–Trinajstić information content (AvgIpc) is 2.53. The molecule has 0 aliphatic rings. The maximum atomic E-state index is 14.0. The fourth-order valence-electron chi connectivity index (χ4n) is 3.05. The summed E-state index contributed by atoms with van der Waals surface area (Å²) in [7, 11) is 2.03. The van der Waals surface area contributed by atoms with E-state index in [1.165, 1.54) is 17.2 Å². The van der Waals surface area contributed by atoms with Crippen molar-refractivity contribution < 1.29 is 9.50 Å². The van der Waals surface area contributed by atoms with E-state index in [9.17, 15) is 9.50 Å². The number of aliphatic hydroxyl groups is 1. The summed E-state index contributed by atoms with van der Waals surface area (Å²) in [6, 6.07) is 13.6. The highest BCUT2D eigenvalue weighted by Gasteiger charge is 2.22. The van der Waals surface area contributed by atoms with Gasteiger partial charge in [0, 0.05) is 13.1 Å². The number of nitrogens with zero attached hydrogens (tertiary/aromatic N) is 1. The third-order valence-electron chi connectivity index (χ3n) is 4.99. The van der Waals surface area contributed by atoms with E-state index in [1.54, 1.807) is 13.0 Å². The molecular formula is C23H32FNO. The first-order chi connectivity index (χ1) is 12.0. The quantitative estimate of drug-likeness (QED) is 0.751. The molecule has 2 nitrogen and oxygen atoms in total. The second kappa shape index (κ2) is 7.89. The molecule has 0 heterocycles. The normalized spacial score (nSPS) is 14.5. The van der Waals surface area contributed by atoms with Crippen LogP contribution in [0.1, 0.15) is 63.3 Å². The minimum Gasteiger partial charge on any atom is -0.385 e. The van der Waals surface area contributed by atoms with Crippen molar-refractivity contribution in [2.24, 2.45) is 0 Å². The summed E-state index contributed by atoms with van der Waals surface area (Å²) in [5.74, 6) is -0.297. The second-order valence-corrected chi connectivity index (χ2v) is 8.59. The Kier molecular flexibility index (Phi) is 6.25. The van der Waals surface area contributed by atoms with Gasteiger partial charge in [-0.05, 0) is 60.2 Å². The van der Waals surface area contributed by atoms with Crippen LogP contribution in [0.25, 0.3) is 0 Å². The van der Waals surface area contributed by atoms with E-state index in [4.69, 9.17) is 0 Å². The Morgan fingerprint density at radius 3 is 2.00 bits per heavy atom. The molecule has 0 aliphatic heterocycles. The van der Waals surface area contributed by atoms with Crippen molar-refractivity contribution >= 4 is 0 Å². The lowest BCUT2D eigenvalue weighted by Crippen LogP contribution is -2.22. The van der Waals surface area contributed by atoms with Gasteiger partial charge in [-0.15, -0.1) is 0 Å². The van der Waals surface area contributed by atoms with Gasteiger partial charge in [0.1, 0.15) is 5.82 Å². The standard InChI is InChI=1S/C23H32FNO/c1-7-23(5,26)20-12-18(13-21(24)14-20)16-25(6)15-17-8-10-19(11-9-17)22(2,3)4/h8-14,26H,7,15-16H2,1-6H3. The third-order valence-corrected chi connectivity index (χ3v) is 4.99. The molecule has 0 saturated heterocycles. The van der Waals surface area contributed by atoms with Gasteiger partial charge in [0.2, 0.25) is 0 Å². The minimum atomic E-state index is -1.00. The maximum Gasteiger partial charge on any atom is 0.123 e. The van der Waals surface area contributed by atoms with Crippen LogP contribution in [0, 0.1) is 5.82 Å². The lowest BCUT2D eigenvalue weighted by molar-refractivity contribution is 0.0526. The molecule has 1 unspecified atom stereocenters. The Labute approximate surface area is 157 Å². The first kappa shape index (κ1) is 20.6. The predicted molar refractivity (Wildman–Crippen MR) is 107 cm³/mol. The van der Waals surface area contributed by atoms with Crippen LogP contribution in [0.15, 0.2) is 42.5 Å². The third kappa shape index (κ3) is 5.39. The highest BCUT2D eigenvalue weighted by atomic mass is 19.1. The fraction of sp³-hybridized carbons (Fsp3) is 0.478. The molecule has 1 N–H and O–H groups in total. The molecule has 142 valence electrons. The van der Waals surface area contributed by atoms with Gasteiger partial charge in [-0.1, -0.05) is 58.0 Å². The summed E-state index contributed by atoms with van der Waals surface area (Å²) in [6.45, 7) is 11.7. The van der Waals surface area contributed by atoms with Crippen molar-refractivity contribution in [1.29, 1.82) is 0 Å². The van der Waals surface area contributed by atoms with E-state index in [2.05, 4.69) is 49.9 Å². The summed E-state index contributed by atoms with van der Waals surface area (Å²) in [5.41, 5.74) is 3.22. The van der Waals surface area contributed by atoms with Crippen LogP contribution in [-0.2, 0) is 24.1 Å². The highest BCUT2D eigenvalue weighted by molar-refractivity contribution is 5.30. The van der Waals surface area contributed by atoms with Crippen molar-refractivity contribution in [3.05, 3.63) is 70.5 Å². The predicted octanol–water partition coefficient (Wildman–Crippen LogP) is 5.37. The van der Waals surface area contributed by atoms with Crippen molar-refractivity contribution in [2.45, 2.75) is 65.1 Å². The molecule has 26 heavy (non-hydrogen) atoms. The fourth-order valence-corrected chi connectivity index (χ4v) is 3.05. The van der Waals surface area contributed by atoms with Crippen molar-refractivity contribution in [3.63, 3.8) is 0 Å². The Hall–Kier alpha value is -1.71. The van der Waals surface area contributed by atoms with E-state index < -0.39 is 5.60 Å². The summed E-state index contributed by atoms with van der Waals surface area (Å²) in [6.07, 6.45) is 0.547. The van der Waals surface area contributed by atoms with Crippen LogP contribution in [0.2, 0.25) is 0 Å². The SMILES string of the molecule is CCC(C)(O)c1cc(F)cc(CN(C)Cc2ccc(C(C)(C)C)cc2)c1. The summed E-state index contributed by atoms with van der Waals surface area (Å²) < 4.78 is 14.0. The molecule has 2 aromatic carbocycles. The molecule has 0 radical (unpaired) electrons. The zero-order valence-electron chi connectivity index (χ0n) is 16.9. The van der Waals surface area contributed by atoms with E-state index in [0.717, 1.165) is 12.1 Å². The number of halogens is 1. The maximum absolute atomic E-state index is 14.0. The number of benzene rings is 2. The van der Waals surface area contributed by atoms with Crippen LogP contribution < -0.4 is 0 Å². The van der Waals surface area contributed by atoms with E-state index in [1.807, 2.05) is 20.0 Å². The average molecular weight is 358 g/mol. The second-order valence-electron chi connectivity index (χ2n) is 8.59. The van der Waals surface area contributed by atoms with Crippen molar-refractivity contribution in [1.82, 2.24) is 4.90 Å². The largest absolute Gasteiger partial charge is 0.385 e. The molecule has 0 saturated carbocycles. The van der Waals surface area contributed by atoms with Crippen LogP contribution in [0.3, 0.4) is 0 Å². The lowest BCUT2D eigenvalue weighted by Gasteiger charge is -2.24. The Balaban J connectivity index is 2.09. The van der Waals surface area contributed by atoms with Crippen molar-refractivity contribution in [2.75, 3.05) is 7.05 Å². The molecule has 0 amide bonds. The molecule has 0 fully saturated rings. The van der Waals surface area contributed by atoms with E-state index >= 15 is 0 Å². The Morgan fingerprint density at radius 2 is 1.46 bits per heavy atom. The zero-order valence-corrected chi connectivity index (χ0v) is 16.9. The first-order valence-electron chi connectivity index (χ1n) is 9.31. The Bertz CT molecular complexity index is 729. The van der Waals surface area contributed by atoms with Gasteiger partial charge in [0.05, 0.1) is 5.60 Å². The monoisotopic (exact) mass is 357 g/mol. The van der Waals surface area contributed by atoms with E-state index in [-0.39, 0.29) is 11.2 Å². The molecule has 1 atom stereocenters. The van der Waals surface area contributed by atoms with Crippen LogP contribution in [0.5, 0.6) is 0 Å². The summed E-state index contributed by atoms with van der Waals surface area (Å²) in [4.78, 5) is 2.16. The molecule has 0 aromatic heterocycles. The van der Waals surface area contributed by atoms with Gasteiger partial charge in [-0.3, -0.25) is 4.90 Å². The number of hydrogen-bond donors (Lipinski definition) is 1. The van der Waals surface area contributed by atoms with Gasteiger partial charge in [0.25, 0.3) is 0 Å². The van der Waals surface area contributed by atoms with Gasteiger partial charge < -0.3 is 5.11 Å². The van der Waals surface area contributed by atoms with Crippen LogP contribution in [0.4, 0.5) is 4.39 Å². The van der Waals surface area contributed by atoms with Gasteiger partial charge in [0.15, 0.2) is 0 Å². The highest BCUT2D eigenvalue weighted by Crippen LogP contribution is 2.26. The van der Waals surface area contributed by atoms with Crippen molar-refractivity contribution in [3.8, 4) is 0 Å². The number of rotatable bonds is 6. The van der Waals surface area contributed by atoms with E-state index in [0.29, 0.717) is 18.5 Å². The van der Waals surface area contributed by atoms with Gasteiger partial charge in [-0.2, -0.15) is 0 Å². The van der Waals surface area contributed by atoms with Gasteiger partial charge in [-0.25, -0.2) is 4.39 Å². The molecule has 3 heteroatoms. The summed E-state index contributed by atoms with van der Waals surface area (Å²) in [5, 5.41) is 10.4. The molecule has 2 aromatic rings. The topological polar surface area (TPSA) is 23.5 Å². The smallest absolute Gasteiger partial charge is 0.123 e. The molecule has 0 bridgehead atoms. The summed E-state index contributed by atoms with van der Waals surface area (Å²) >= 11 is 0. The molecular weight excluding hydrogens is 325 g/mol. The molecule has 0 spiro atoms. The van der Waals surface area contributed by atoms with Crippen LogP contribution in [-0.4, -0.2) is 17.1 Å². The van der Waals surface area contributed by atoms with Crippen LogP contribution >= 0.6 is 0 Å². The zero-order chi connectivity index (χ0) is 19.5. The van der Waals surface area contributed by atoms with Gasteiger partial charge >= 0.3 is 0 Å². The molecule has 2 rings (SSSR count). The molecule has 0 aliphatic carbocycles. The lowest BCUT2D eigenvalue weighted by atomic mass is 9.87. The first-order valence-corrected chi connectivity index (χ1v) is 9.31. The minimum absolute atomic E-state index is 0.151. The Morgan fingerprint density at radius 1 is 0.885 bits per heavy atom. The number of hydrogen-bond acceptors (Lipinski definition) is 2.